The summed E-state index contributed by atoms with van der Waals surface area (Å²) in [4.78, 5) is 25.1. The molecule has 1 amide bonds. The highest BCUT2D eigenvalue weighted by atomic mass is 19.1. The van der Waals surface area contributed by atoms with Crippen LogP contribution in [0.5, 0.6) is 0 Å². The first-order valence-corrected chi connectivity index (χ1v) is 8.67. The quantitative estimate of drug-likeness (QED) is 0.817. The van der Waals surface area contributed by atoms with Gasteiger partial charge in [-0.15, -0.1) is 0 Å². The van der Waals surface area contributed by atoms with Gasteiger partial charge in [0.15, 0.2) is 0 Å². The number of carboxylic acids is 1. The van der Waals surface area contributed by atoms with Gasteiger partial charge in [-0.3, -0.25) is 4.79 Å². The third-order valence-corrected chi connectivity index (χ3v) is 5.24. The molecule has 0 aromatic carbocycles. The molecular formula is C17H28FNO3. The van der Waals surface area contributed by atoms with Crippen LogP contribution in [0, 0.1) is 11.8 Å². The van der Waals surface area contributed by atoms with Gasteiger partial charge in [0.05, 0.1) is 6.54 Å². The lowest BCUT2D eigenvalue weighted by Crippen LogP contribution is -2.41. The molecule has 1 saturated heterocycles. The molecule has 2 atom stereocenters. The molecule has 1 N–H and O–H groups in total. The standard InChI is InChI=1S/C17H28FNO3/c1-2-6-14(11-13-7-4-3-5-8-13)15(20)19-10-9-17(18,12-19)16(21)22/h13-14H,2-12H2,1H3,(H,21,22). The Kier molecular flexibility index (Phi) is 5.81. The van der Waals surface area contributed by atoms with E-state index >= 15 is 0 Å². The maximum Gasteiger partial charge on any atom is 0.343 e. The lowest BCUT2D eigenvalue weighted by molar-refractivity contribution is -0.150. The number of rotatable bonds is 6. The van der Waals surface area contributed by atoms with Crippen molar-refractivity contribution in [3.8, 4) is 0 Å². The van der Waals surface area contributed by atoms with Gasteiger partial charge in [0.2, 0.25) is 11.6 Å². The van der Waals surface area contributed by atoms with E-state index in [4.69, 9.17) is 5.11 Å². The summed E-state index contributed by atoms with van der Waals surface area (Å²) in [6, 6.07) is 0. The van der Waals surface area contributed by atoms with Crippen LogP contribution < -0.4 is 0 Å². The van der Waals surface area contributed by atoms with Crippen molar-refractivity contribution in [2.24, 2.45) is 11.8 Å². The van der Waals surface area contributed by atoms with Crippen LogP contribution in [0.15, 0.2) is 0 Å². The molecule has 0 bridgehead atoms. The molecular weight excluding hydrogens is 285 g/mol. The van der Waals surface area contributed by atoms with Crippen LogP contribution in [0.2, 0.25) is 0 Å². The van der Waals surface area contributed by atoms with Crippen LogP contribution in [0.1, 0.15) is 64.7 Å². The molecule has 0 spiro atoms. The summed E-state index contributed by atoms with van der Waals surface area (Å²) in [6.07, 6.45) is 8.70. The second-order valence-electron chi connectivity index (χ2n) is 7.01. The third kappa shape index (κ3) is 3.99. The van der Waals surface area contributed by atoms with E-state index in [0.717, 1.165) is 19.3 Å². The van der Waals surface area contributed by atoms with Gasteiger partial charge in [-0.05, 0) is 18.8 Å². The van der Waals surface area contributed by atoms with Gasteiger partial charge in [-0.2, -0.15) is 0 Å². The first-order valence-electron chi connectivity index (χ1n) is 8.67. The first kappa shape index (κ1) is 17.2. The minimum absolute atomic E-state index is 0.0341. The average molecular weight is 313 g/mol. The third-order valence-electron chi connectivity index (χ3n) is 5.24. The number of aliphatic carboxylic acids is 1. The summed E-state index contributed by atoms with van der Waals surface area (Å²) in [5.74, 6) is -0.939. The minimum atomic E-state index is -2.25. The molecule has 1 heterocycles. The summed E-state index contributed by atoms with van der Waals surface area (Å²) >= 11 is 0. The number of amides is 1. The van der Waals surface area contributed by atoms with Crippen molar-refractivity contribution >= 4 is 11.9 Å². The number of alkyl halides is 1. The first-order chi connectivity index (χ1) is 10.5. The van der Waals surface area contributed by atoms with Crippen molar-refractivity contribution in [3.63, 3.8) is 0 Å². The van der Waals surface area contributed by atoms with Gasteiger partial charge in [-0.1, -0.05) is 45.4 Å². The Bertz CT molecular complexity index is 409. The fraction of sp³-hybridized carbons (Fsp3) is 0.882. The Morgan fingerprint density at radius 2 is 2.00 bits per heavy atom. The number of carboxylic acid groups (broad SMARTS) is 1. The number of nitrogens with zero attached hydrogens (tertiary/aromatic N) is 1. The van der Waals surface area contributed by atoms with Crippen LogP contribution >= 0.6 is 0 Å². The van der Waals surface area contributed by atoms with Crippen LogP contribution in [0.3, 0.4) is 0 Å². The largest absolute Gasteiger partial charge is 0.479 e. The van der Waals surface area contributed by atoms with E-state index in [2.05, 4.69) is 6.92 Å². The predicted octanol–water partition coefficient (Wildman–Crippen LogP) is 3.40. The van der Waals surface area contributed by atoms with Gasteiger partial charge in [0.25, 0.3) is 0 Å². The Hall–Kier alpha value is -1.13. The van der Waals surface area contributed by atoms with Crippen molar-refractivity contribution in [2.75, 3.05) is 13.1 Å². The second-order valence-corrected chi connectivity index (χ2v) is 7.01. The van der Waals surface area contributed by atoms with Crippen molar-refractivity contribution in [3.05, 3.63) is 0 Å². The van der Waals surface area contributed by atoms with Crippen molar-refractivity contribution < 1.29 is 19.1 Å². The molecule has 22 heavy (non-hydrogen) atoms. The predicted molar refractivity (Wildman–Crippen MR) is 82.3 cm³/mol. The maximum absolute atomic E-state index is 14.2. The molecule has 2 rings (SSSR count). The summed E-state index contributed by atoms with van der Waals surface area (Å²) in [6.45, 7) is 2.00. The lowest BCUT2D eigenvalue weighted by Gasteiger charge is -2.29. The smallest absolute Gasteiger partial charge is 0.343 e. The summed E-state index contributed by atoms with van der Waals surface area (Å²) in [7, 11) is 0. The van der Waals surface area contributed by atoms with E-state index in [1.807, 2.05) is 0 Å². The highest BCUT2D eigenvalue weighted by Gasteiger charge is 2.47. The van der Waals surface area contributed by atoms with Gasteiger partial charge in [0.1, 0.15) is 0 Å². The molecule has 126 valence electrons. The highest BCUT2D eigenvalue weighted by Crippen LogP contribution is 2.33. The fourth-order valence-corrected chi connectivity index (χ4v) is 3.91. The summed E-state index contributed by atoms with van der Waals surface area (Å²) in [5.41, 5.74) is -2.25. The fourth-order valence-electron chi connectivity index (χ4n) is 3.91. The molecule has 2 unspecified atom stereocenters. The number of halogens is 1. The molecule has 2 aliphatic rings. The molecule has 0 aromatic heterocycles. The van der Waals surface area contributed by atoms with Crippen molar-refractivity contribution in [1.29, 1.82) is 0 Å². The Morgan fingerprint density at radius 3 is 2.55 bits per heavy atom. The molecule has 0 radical (unpaired) electrons. The number of hydrogen-bond donors (Lipinski definition) is 1. The van der Waals surface area contributed by atoms with E-state index in [0.29, 0.717) is 5.92 Å². The van der Waals surface area contributed by atoms with E-state index in [1.165, 1.54) is 37.0 Å². The molecule has 2 fully saturated rings. The highest BCUT2D eigenvalue weighted by molar-refractivity contribution is 5.83. The van der Waals surface area contributed by atoms with Gasteiger partial charge < -0.3 is 10.0 Å². The van der Waals surface area contributed by atoms with Crippen molar-refractivity contribution in [1.82, 2.24) is 4.90 Å². The molecule has 1 aliphatic carbocycles. The number of carbonyl (C=O) groups excluding carboxylic acids is 1. The zero-order valence-corrected chi connectivity index (χ0v) is 13.5. The van der Waals surface area contributed by atoms with Crippen LogP contribution in [-0.2, 0) is 9.59 Å². The number of likely N-dealkylation sites (tertiary alicyclic amines) is 1. The topological polar surface area (TPSA) is 57.6 Å². The summed E-state index contributed by atoms with van der Waals surface area (Å²) < 4.78 is 14.2. The van der Waals surface area contributed by atoms with Crippen LogP contribution in [0.25, 0.3) is 0 Å². The van der Waals surface area contributed by atoms with Crippen molar-refractivity contribution in [2.45, 2.75) is 70.4 Å². The van der Waals surface area contributed by atoms with Gasteiger partial charge in [-0.25, -0.2) is 9.18 Å². The van der Waals surface area contributed by atoms with E-state index in [-0.39, 0.29) is 31.3 Å². The number of carbonyl (C=O) groups is 2. The average Bonchev–Trinajstić information content (AvgIpc) is 2.91. The van der Waals surface area contributed by atoms with Crippen LogP contribution in [0.4, 0.5) is 4.39 Å². The minimum Gasteiger partial charge on any atom is -0.479 e. The Morgan fingerprint density at radius 1 is 1.32 bits per heavy atom. The van der Waals surface area contributed by atoms with E-state index < -0.39 is 11.6 Å². The van der Waals surface area contributed by atoms with Gasteiger partial charge >= 0.3 is 5.97 Å². The summed E-state index contributed by atoms with van der Waals surface area (Å²) in [5, 5.41) is 8.96. The molecule has 4 nitrogen and oxygen atoms in total. The maximum atomic E-state index is 14.2. The lowest BCUT2D eigenvalue weighted by atomic mass is 9.81. The molecule has 1 aliphatic heterocycles. The number of hydrogen-bond acceptors (Lipinski definition) is 2. The van der Waals surface area contributed by atoms with E-state index in [9.17, 15) is 14.0 Å². The Labute approximate surface area is 132 Å². The monoisotopic (exact) mass is 313 g/mol. The van der Waals surface area contributed by atoms with Crippen LogP contribution in [-0.4, -0.2) is 40.6 Å². The van der Waals surface area contributed by atoms with Gasteiger partial charge in [0, 0.05) is 18.9 Å². The zero-order chi connectivity index (χ0) is 16.2. The van der Waals surface area contributed by atoms with E-state index in [1.54, 1.807) is 0 Å². The molecule has 1 saturated carbocycles. The zero-order valence-electron chi connectivity index (χ0n) is 13.5. The SMILES string of the molecule is CCCC(CC1CCCCC1)C(=O)N1CCC(F)(C(=O)O)C1. The molecule has 5 heteroatoms. The second kappa shape index (κ2) is 7.42. The normalized spacial score (nSPS) is 27.8. The molecule has 0 aromatic rings. The Balaban J connectivity index is 1.96.